The first kappa shape index (κ1) is 16.4. The molecule has 1 N–H and O–H groups in total. The largest absolute Gasteiger partial charge is 0.379 e. The zero-order chi connectivity index (χ0) is 15.0. The number of nitrogens with zero attached hydrogens (tertiary/aromatic N) is 2. The van der Waals surface area contributed by atoms with Crippen molar-refractivity contribution in [1.82, 2.24) is 15.1 Å². The third kappa shape index (κ3) is 5.56. The van der Waals surface area contributed by atoms with Crippen molar-refractivity contribution < 1.29 is 19.1 Å². The number of nitrogens with one attached hydrogen (secondary N) is 1. The summed E-state index contributed by atoms with van der Waals surface area (Å²) >= 11 is 0. The summed E-state index contributed by atoms with van der Waals surface area (Å²) in [4.78, 5) is 37.1. The summed E-state index contributed by atoms with van der Waals surface area (Å²) in [6.45, 7) is 6.64. The Morgan fingerprint density at radius 1 is 1.25 bits per heavy atom. The summed E-state index contributed by atoms with van der Waals surface area (Å²) in [5.41, 5.74) is 0. The first-order valence-electron chi connectivity index (χ1n) is 6.92. The van der Waals surface area contributed by atoms with Crippen molar-refractivity contribution in [2.24, 2.45) is 0 Å². The Morgan fingerprint density at radius 2 is 1.90 bits per heavy atom. The van der Waals surface area contributed by atoms with Crippen LogP contribution in [0.1, 0.15) is 20.3 Å². The molecule has 0 radical (unpaired) electrons. The van der Waals surface area contributed by atoms with Crippen molar-refractivity contribution in [2.45, 2.75) is 26.4 Å². The van der Waals surface area contributed by atoms with E-state index >= 15 is 0 Å². The first-order valence-corrected chi connectivity index (χ1v) is 6.92. The molecule has 0 aromatic rings. The number of carbonyl (C=O) groups is 3. The molecule has 0 saturated carbocycles. The van der Waals surface area contributed by atoms with Gasteiger partial charge in [0.25, 0.3) is 0 Å². The molecule has 0 atom stereocenters. The maximum atomic E-state index is 11.8. The van der Waals surface area contributed by atoms with Crippen LogP contribution in [0.15, 0.2) is 0 Å². The van der Waals surface area contributed by atoms with Crippen molar-refractivity contribution in [3.05, 3.63) is 0 Å². The molecule has 1 saturated heterocycles. The van der Waals surface area contributed by atoms with Crippen LogP contribution < -0.4 is 5.32 Å². The summed E-state index contributed by atoms with van der Waals surface area (Å²) in [7, 11) is 0. The van der Waals surface area contributed by atoms with Gasteiger partial charge in [0.2, 0.25) is 6.41 Å². The SMILES string of the molecule is CC(C)OCCCNC(=O)C(=O)N1CCN(C=O)CC1. The van der Waals surface area contributed by atoms with Gasteiger partial charge in [0.15, 0.2) is 0 Å². The summed E-state index contributed by atoms with van der Waals surface area (Å²) in [5.74, 6) is -1.12. The first-order chi connectivity index (χ1) is 9.54. The standard InChI is InChI=1S/C13H23N3O4/c1-11(2)20-9-3-4-14-12(18)13(19)16-7-5-15(10-17)6-8-16/h10-11H,3-9H2,1-2H3,(H,14,18). The second-order valence-electron chi connectivity index (χ2n) is 4.96. The molecule has 0 aliphatic carbocycles. The average Bonchev–Trinajstić information content (AvgIpc) is 2.45. The van der Waals surface area contributed by atoms with Crippen LogP contribution in [0.5, 0.6) is 0 Å². The summed E-state index contributed by atoms with van der Waals surface area (Å²) < 4.78 is 5.34. The molecule has 20 heavy (non-hydrogen) atoms. The molecule has 0 unspecified atom stereocenters. The van der Waals surface area contributed by atoms with Crippen LogP contribution in [-0.4, -0.2) is 73.5 Å². The van der Waals surface area contributed by atoms with Crippen molar-refractivity contribution in [1.29, 1.82) is 0 Å². The molecule has 0 spiro atoms. The fourth-order valence-corrected chi connectivity index (χ4v) is 1.84. The number of ether oxygens (including phenoxy) is 1. The smallest absolute Gasteiger partial charge is 0.312 e. The Balaban J connectivity index is 2.19. The predicted molar refractivity (Wildman–Crippen MR) is 72.9 cm³/mol. The molecular formula is C13H23N3O4. The fraction of sp³-hybridized carbons (Fsp3) is 0.769. The van der Waals surface area contributed by atoms with Crippen LogP contribution in [0, 0.1) is 0 Å². The number of hydrogen-bond donors (Lipinski definition) is 1. The van der Waals surface area contributed by atoms with Gasteiger partial charge in [-0.1, -0.05) is 0 Å². The molecule has 1 aliphatic rings. The molecule has 1 fully saturated rings. The second kappa shape index (κ2) is 8.52. The quantitative estimate of drug-likeness (QED) is 0.394. The molecule has 7 heteroatoms. The highest BCUT2D eigenvalue weighted by atomic mass is 16.5. The van der Waals surface area contributed by atoms with E-state index in [0.29, 0.717) is 45.8 Å². The van der Waals surface area contributed by atoms with E-state index in [0.717, 1.165) is 6.41 Å². The molecule has 1 rings (SSSR count). The Morgan fingerprint density at radius 3 is 2.45 bits per heavy atom. The summed E-state index contributed by atoms with van der Waals surface area (Å²) in [6, 6.07) is 0. The minimum Gasteiger partial charge on any atom is -0.379 e. The van der Waals surface area contributed by atoms with E-state index in [9.17, 15) is 14.4 Å². The second-order valence-corrected chi connectivity index (χ2v) is 4.96. The van der Waals surface area contributed by atoms with Crippen LogP contribution in [0.25, 0.3) is 0 Å². The van der Waals surface area contributed by atoms with Crippen molar-refractivity contribution in [3.63, 3.8) is 0 Å². The van der Waals surface area contributed by atoms with Crippen molar-refractivity contribution in [3.8, 4) is 0 Å². The molecule has 3 amide bonds. The zero-order valence-electron chi connectivity index (χ0n) is 12.1. The van der Waals surface area contributed by atoms with Gasteiger partial charge in [-0.15, -0.1) is 0 Å². The maximum absolute atomic E-state index is 11.8. The lowest BCUT2D eigenvalue weighted by Gasteiger charge is -2.31. The fourth-order valence-electron chi connectivity index (χ4n) is 1.84. The lowest BCUT2D eigenvalue weighted by Crippen LogP contribution is -2.52. The van der Waals surface area contributed by atoms with Gasteiger partial charge in [0, 0.05) is 39.3 Å². The Hall–Kier alpha value is -1.63. The van der Waals surface area contributed by atoms with E-state index in [4.69, 9.17) is 4.74 Å². The van der Waals surface area contributed by atoms with Crippen molar-refractivity contribution >= 4 is 18.2 Å². The van der Waals surface area contributed by atoms with Crippen LogP contribution in [0.2, 0.25) is 0 Å². The van der Waals surface area contributed by atoms with E-state index in [1.54, 1.807) is 4.90 Å². The molecule has 1 heterocycles. The molecule has 0 aromatic carbocycles. The zero-order valence-corrected chi connectivity index (χ0v) is 12.1. The molecule has 114 valence electrons. The molecule has 0 aromatic heterocycles. The van der Waals surface area contributed by atoms with Crippen LogP contribution in [0.4, 0.5) is 0 Å². The third-order valence-corrected chi connectivity index (χ3v) is 3.00. The third-order valence-electron chi connectivity index (χ3n) is 3.00. The summed E-state index contributed by atoms with van der Waals surface area (Å²) in [6.07, 6.45) is 1.61. The van der Waals surface area contributed by atoms with Gasteiger partial charge in [0.1, 0.15) is 0 Å². The predicted octanol–water partition coefficient (Wildman–Crippen LogP) is -0.782. The molecule has 1 aliphatic heterocycles. The molecule has 0 bridgehead atoms. The topological polar surface area (TPSA) is 79.0 Å². The van der Waals surface area contributed by atoms with Crippen LogP contribution in [0.3, 0.4) is 0 Å². The van der Waals surface area contributed by atoms with Crippen LogP contribution in [-0.2, 0) is 19.1 Å². The number of piperazine rings is 1. The highest BCUT2D eigenvalue weighted by Crippen LogP contribution is 2.00. The maximum Gasteiger partial charge on any atom is 0.312 e. The lowest BCUT2D eigenvalue weighted by atomic mass is 10.3. The van der Waals surface area contributed by atoms with E-state index in [2.05, 4.69) is 5.32 Å². The van der Waals surface area contributed by atoms with Crippen molar-refractivity contribution in [2.75, 3.05) is 39.3 Å². The number of hydrogen-bond acceptors (Lipinski definition) is 4. The minimum absolute atomic E-state index is 0.168. The van der Waals surface area contributed by atoms with Gasteiger partial charge in [-0.3, -0.25) is 14.4 Å². The minimum atomic E-state index is -0.589. The normalized spacial score (nSPS) is 15.3. The molecular weight excluding hydrogens is 262 g/mol. The number of amides is 3. The van der Waals surface area contributed by atoms with Gasteiger partial charge >= 0.3 is 11.8 Å². The van der Waals surface area contributed by atoms with E-state index < -0.39 is 11.8 Å². The Kier molecular flexibility index (Phi) is 7.00. The monoisotopic (exact) mass is 285 g/mol. The van der Waals surface area contributed by atoms with Gasteiger partial charge in [-0.05, 0) is 20.3 Å². The van der Waals surface area contributed by atoms with E-state index in [-0.39, 0.29) is 6.10 Å². The van der Waals surface area contributed by atoms with Gasteiger partial charge in [-0.25, -0.2) is 0 Å². The Bertz CT molecular complexity index is 339. The van der Waals surface area contributed by atoms with E-state index in [1.165, 1.54) is 4.90 Å². The van der Waals surface area contributed by atoms with Crippen LogP contribution >= 0.6 is 0 Å². The average molecular weight is 285 g/mol. The number of rotatable bonds is 6. The number of carbonyl (C=O) groups excluding carboxylic acids is 3. The highest BCUT2D eigenvalue weighted by Gasteiger charge is 2.24. The Labute approximate surface area is 119 Å². The van der Waals surface area contributed by atoms with Gasteiger partial charge < -0.3 is 19.9 Å². The van der Waals surface area contributed by atoms with E-state index in [1.807, 2.05) is 13.8 Å². The summed E-state index contributed by atoms with van der Waals surface area (Å²) in [5, 5.41) is 2.59. The lowest BCUT2D eigenvalue weighted by molar-refractivity contribution is -0.147. The highest BCUT2D eigenvalue weighted by molar-refractivity contribution is 6.35. The van der Waals surface area contributed by atoms with Gasteiger partial charge in [-0.2, -0.15) is 0 Å². The van der Waals surface area contributed by atoms with Gasteiger partial charge in [0.05, 0.1) is 6.10 Å². The molecule has 7 nitrogen and oxygen atoms in total.